The number of aryl methyl sites for hydroxylation is 1. The Hall–Kier alpha value is -2.57. The Bertz CT molecular complexity index is 1220. The lowest BCUT2D eigenvalue weighted by Crippen LogP contribution is -2.39. The number of carboxylic acid groups (broad SMARTS) is 1. The molecule has 2 N–H and O–H groups in total. The lowest BCUT2D eigenvalue weighted by atomic mass is 9.91. The average Bonchev–Trinajstić information content (AvgIpc) is 3.06. The first-order valence-electron chi connectivity index (χ1n) is 11.1. The molecule has 0 bridgehead atoms. The van der Waals surface area contributed by atoms with Crippen LogP contribution in [0.1, 0.15) is 49.0 Å². The minimum Gasteiger partial charge on any atom is -0.480 e. The molecule has 33 heavy (non-hydrogen) atoms. The Kier molecular flexibility index (Phi) is 6.96. The van der Waals surface area contributed by atoms with Crippen LogP contribution < -0.4 is 5.32 Å². The minimum atomic E-state index is -0.950. The molecule has 2 aromatic carbocycles. The van der Waals surface area contributed by atoms with Crippen molar-refractivity contribution in [2.75, 3.05) is 0 Å². The highest BCUT2D eigenvalue weighted by Gasteiger charge is 2.32. The number of aliphatic carboxylic acids is 1. The highest BCUT2D eigenvalue weighted by Crippen LogP contribution is 2.39. The normalized spacial score (nSPS) is 16.4. The maximum Gasteiger partial charge on any atom is 0.326 e. The third-order valence-corrected chi connectivity index (χ3v) is 6.81. The maximum absolute atomic E-state index is 14.2. The standard InChI is InChI=1S/C25H25Cl2FN2O3/c1-2-21(25(32)33)30-22-8-7-17(13-18(22)19-11-16(28)12-20(27)24(19)30)29-23(31)9-6-14-4-3-5-15(26)10-14/h3-5,10-12,17,21H,2,6-9,13H2,1H3,(H,29,31)(H,32,33). The van der Waals surface area contributed by atoms with Crippen LogP contribution in [0.3, 0.4) is 0 Å². The molecule has 1 aromatic heterocycles. The van der Waals surface area contributed by atoms with Gasteiger partial charge >= 0.3 is 5.97 Å². The quantitative estimate of drug-likeness (QED) is 0.444. The zero-order valence-corrected chi connectivity index (χ0v) is 19.7. The van der Waals surface area contributed by atoms with Crippen LogP contribution in [0.25, 0.3) is 10.9 Å². The van der Waals surface area contributed by atoms with Gasteiger partial charge in [-0.2, -0.15) is 0 Å². The summed E-state index contributed by atoms with van der Waals surface area (Å²) in [4.78, 5) is 24.5. The van der Waals surface area contributed by atoms with Crippen LogP contribution in [0.4, 0.5) is 4.39 Å². The zero-order chi connectivity index (χ0) is 23.7. The Morgan fingerprint density at radius 2 is 2.06 bits per heavy atom. The first-order chi connectivity index (χ1) is 15.8. The molecule has 0 spiro atoms. The second-order valence-corrected chi connectivity index (χ2v) is 9.32. The van der Waals surface area contributed by atoms with Gasteiger partial charge < -0.3 is 15.0 Å². The van der Waals surface area contributed by atoms with Gasteiger partial charge in [0.25, 0.3) is 0 Å². The van der Waals surface area contributed by atoms with E-state index in [2.05, 4.69) is 5.32 Å². The van der Waals surface area contributed by atoms with E-state index in [0.717, 1.165) is 16.8 Å². The van der Waals surface area contributed by atoms with Crippen LogP contribution in [-0.2, 0) is 28.9 Å². The largest absolute Gasteiger partial charge is 0.480 e. The summed E-state index contributed by atoms with van der Waals surface area (Å²) in [5, 5.41) is 14.3. The van der Waals surface area contributed by atoms with Gasteiger partial charge in [0.15, 0.2) is 0 Å². The maximum atomic E-state index is 14.2. The van der Waals surface area contributed by atoms with Crippen molar-refractivity contribution in [2.24, 2.45) is 0 Å². The Morgan fingerprint density at radius 1 is 1.27 bits per heavy atom. The Morgan fingerprint density at radius 3 is 2.76 bits per heavy atom. The summed E-state index contributed by atoms with van der Waals surface area (Å²) < 4.78 is 16.0. The fourth-order valence-corrected chi connectivity index (χ4v) is 5.33. The van der Waals surface area contributed by atoms with Crippen molar-refractivity contribution < 1.29 is 19.1 Å². The number of fused-ring (bicyclic) bond motifs is 3. The lowest BCUT2D eigenvalue weighted by molar-refractivity contribution is -0.141. The molecule has 1 aliphatic carbocycles. The SMILES string of the molecule is CCC(C(=O)O)n1c2c(c3cc(F)cc(Cl)c31)CC(NC(=O)CCc1cccc(Cl)c1)CC2. The molecule has 0 aliphatic heterocycles. The third kappa shape index (κ3) is 4.87. The van der Waals surface area contributed by atoms with E-state index in [1.807, 2.05) is 18.2 Å². The molecule has 0 radical (unpaired) electrons. The molecule has 2 atom stereocenters. The molecule has 0 saturated heterocycles. The van der Waals surface area contributed by atoms with Gasteiger partial charge in [-0.15, -0.1) is 0 Å². The summed E-state index contributed by atoms with van der Waals surface area (Å²) in [5.74, 6) is -1.48. The summed E-state index contributed by atoms with van der Waals surface area (Å²) in [7, 11) is 0. The molecule has 1 amide bonds. The van der Waals surface area contributed by atoms with Crippen molar-refractivity contribution in [3.05, 3.63) is 69.1 Å². The number of halogens is 3. The third-order valence-electron chi connectivity index (χ3n) is 6.29. The highest BCUT2D eigenvalue weighted by molar-refractivity contribution is 6.35. The monoisotopic (exact) mass is 490 g/mol. The number of rotatable bonds is 7. The summed E-state index contributed by atoms with van der Waals surface area (Å²) in [6.07, 6.45) is 3.04. The zero-order valence-electron chi connectivity index (χ0n) is 18.2. The number of nitrogens with zero attached hydrogens (tertiary/aromatic N) is 1. The van der Waals surface area contributed by atoms with Gasteiger partial charge in [0, 0.05) is 28.6 Å². The molecule has 4 rings (SSSR count). The molecule has 8 heteroatoms. The summed E-state index contributed by atoms with van der Waals surface area (Å²) >= 11 is 12.4. The van der Waals surface area contributed by atoms with Gasteiger partial charge in [-0.1, -0.05) is 42.3 Å². The topological polar surface area (TPSA) is 71.3 Å². The van der Waals surface area contributed by atoms with Gasteiger partial charge in [0.05, 0.1) is 10.5 Å². The van der Waals surface area contributed by atoms with Crippen LogP contribution >= 0.6 is 23.2 Å². The number of benzene rings is 2. The van der Waals surface area contributed by atoms with Gasteiger partial charge in [0.1, 0.15) is 11.9 Å². The summed E-state index contributed by atoms with van der Waals surface area (Å²) in [5.41, 5.74) is 3.26. The highest BCUT2D eigenvalue weighted by atomic mass is 35.5. The van der Waals surface area contributed by atoms with Crippen LogP contribution in [0.2, 0.25) is 10.0 Å². The number of amides is 1. The first kappa shape index (κ1) is 23.6. The Labute approximate surface area is 201 Å². The number of aromatic nitrogens is 1. The first-order valence-corrected chi connectivity index (χ1v) is 11.8. The molecule has 1 heterocycles. The number of hydrogen-bond acceptors (Lipinski definition) is 2. The molecule has 5 nitrogen and oxygen atoms in total. The smallest absolute Gasteiger partial charge is 0.326 e. The van der Waals surface area contributed by atoms with Crippen molar-refractivity contribution in [3.8, 4) is 0 Å². The average molecular weight is 491 g/mol. The molecular formula is C25H25Cl2FN2O3. The van der Waals surface area contributed by atoms with Crippen LogP contribution in [0, 0.1) is 5.82 Å². The number of hydrogen-bond donors (Lipinski definition) is 2. The van der Waals surface area contributed by atoms with E-state index in [-0.39, 0.29) is 17.0 Å². The fraction of sp³-hybridized carbons (Fsp3) is 0.360. The van der Waals surface area contributed by atoms with E-state index in [1.165, 1.54) is 12.1 Å². The van der Waals surface area contributed by atoms with Crippen molar-refractivity contribution in [1.82, 2.24) is 9.88 Å². The molecule has 2 unspecified atom stereocenters. The summed E-state index contributed by atoms with van der Waals surface area (Å²) in [6, 6.07) is 9.17. The van der Waals surface area contributed by atoms with E-state index >= 15 is 0 Å². The van der Waals surface area contributed by atoms with Gasteiger partial charge in [0.2, 0.25) is 5.91 Å². The van der Waals surface area contributed by atoms with E-state index in [0.29, 0.717) is 54.5 Å². The van der Waals surface area contributed by atoms with E-state index in [9.17, 15) is 19.1 Å². The van der Waals surface area contributed by atoms with Gasteiger partial charge in [-0.3, -0.25) is 4.79 Å². The van der Waals surface area contributed by atoms with Crippen molar-refractivity contribution in [3.63, 3.8) is 0 Å². The second-order valence-electron chi connectivity index (χ2n) is 8.48. The molecule has 1 aliphatic rings. The number of carboxylic acids is 1. The summed E-state index contributed by atoms with van der Waals surface area (Å²) in [6.45, 7) is 1.81. The second kappa shape index (κ2) is 9.74. The van der Waals surface area contributed by atoms with Crippen molar-refractivity contribution in [2.45, 2.75) is 57.5 Å². The number of carbonyl (C=O) groups is 2. The van der Waals surface area contributed by atoms with Gasteiger partial charge in [-0.25, -0.2) is 9.18 Å². The molecule has 0 fully saturated rings. The lowest BCUT2D eigenvalue weighted by Gasteiger charge is -2.26. The van der Waals surface area contributed by atoms with E-state index < -0.39 is 17.8 Å². The van der Waals surface area contributed by atoms with Crippen molar-refractivity contribution >= 4 is 46.0 Å². The van der Waals surface area contributed by atoms with Crippen molar-refractivity contribution in [1.29, 1.82) is 0 Å². The minimum absolute atomic E-state index is 0.0617. The molecular weight excluding hydrogens is 466 g/mol. The number of carbonyl (C=O) groups excluding carboxylic acids is 1. The van der Waals surface area contributed by atoms with Crippen LogP contribution in [0.15, 0.2) is 36.4 Å². The Balaban J connectivity index is 1.58. The van der Waals surface area contributed by atoms with Gasteiger partial charge in [-0.05, 0) is 67.5 Å². The predicted octanol–water partition coefficient (Wildman–Crippen LogP) is 5.73. The molecule has 0 saturated carbocycles. The predicted molar refractivity (Wildman–Crippen MR) is 128 cm³/mol. The molecule has 174 valence electrons. The number of nitrogens with one attached hydrogen (secondary N) is 1. The molecule has 3 aromatic rings. The van der Waals surface area contributed by atoms with Crippen LogP contribution in [-0.4, -0.2) is 27.6 Å². The van der Waals surface area contributed by atoms with E-state index in [1.54, 1.807) is 17.6 Å². The van der Waals surface area contributed by atoms with E-state index in [4.69, 9.17) is 23.2 Å². The van der Waals surface area contributed by atoms with Crippen LogP contribution in [0.5, 0.6) is 0 Å². The fourth-order valence-electron chi connectivity index (χ4n) is 4.82.